The topological polar surface area (TPSA) is 98.1 Å². The lowest BCUT2D eigenvalue weighted by Crippen LogP contribution is -2.14. The Bertz CT molecular complexity index is 1510. The van der Waals surface area contributed by atoms with E-state index in [1.807, 2.05) is 71.4 Å². The minimum Gasteiger partial charge on any atom is -0.438 e. The van der Waals surface area contributed by atoms with E-state index in [1.165, 1.54) is 6.92 Å². The predicted octanol–water partition coefficient (Wildman–Crippen LogP) is 5.35. The standard InChI is InChI=1S/C28H23N5O3/c1-19(34)29-21-11-13-22(14-12-21)30-27(35)17-20-18-33(25-10-6-5-9-24(20)25)26-15-16-28(32-31-26)36-23-7-3-2-4-8-23/h2-16,18H,17H2,1H3,(H,29,34)(H,30,35). The maximum atomic E-state index is 12.8. The van der Waals surface area contributed by atoms with Crippen molar-refractivity contribution in [3.05, 3.63) is 103 Å². The van der Waals surface area contributed by atoms with Crippen LogP contribution in [0.1, 0.15) is 12.5 Å². The van der Waals surface area contributed by atoms with Gasteiger partial charge in [0.2, 0.25) is 17.7 Å². The van der Waals surface area contributed by atoms with Crippen LogP contribution in [0.4, 0.5) is 11.4 Å². The first kappa shape index (κ1) is 22.8. The van der Waals surface area contributed by atoms with Crippen LogP contribution in [0.5, 0.6) is 11.6 Å². The van der Waals surface area contributed by atoms with Crippen LogP contribution in [0.25, 0.3) is 16.7 Å². The zero-order valence-corrected chi connectivity index (χ0v) is 19.5. The van der Waals surface area contributed by atoms with Gasteiger partial charge < -0.3 is 15.4 Å². The number of amides is 2. The molecule has 0 radical (unpaired) electrons. The van der Waals surface area contributed by atoms with Crippen molar-refractivity contribution in [3.63, 3.8) is 0 Å². The highest BCUT2D eigenvalue weighted by Gasteiger charge is 2.14. The number of ether oxygens (including phenoxy) is 1. The van der Waals surface area contributed by atoms with Gasteiger partial charge in [0.05, 0.1) is 11.9 Å². The lowest BCUT2D eigenvalue weighted by Gasteiger charge is -2.07. The number of fused-ring (bicyclic) bond motifs is 1. The molecule has 2 N–H and O–H groups in total. The number of nitrogens with zero attached hydrogens (tertiary/aromatic N) is 3. The van der Waals surface area contributed by atoms with E-state index in [4.69, 9.17) is 4.74 Å². The van der Waals surface area contributed by atoms with Gasteiger partial charge in [0.25, 0.3) is 0 Å². The van der Waals surface area contributed by atoms with Gasteiger partial charge in [0.15, 0.2) is 5.82 Å². The predicted molar refractivity (Wildman–Crippen MR) is 138 cm³/mol. The first-order valence-electron chi connectivity index (χ1n) is 11.4. The fourth-order valence-corrected chi connectivity index (χ4v) is 3.90. The molecule has 0 aliphatic carbocycles. The third-order valence-corrected chi connectivity index (χ3v) is 5.47. The molecular weight excluding hydrogens is 454 g/mol. The van der Waals surface area contributed by atoms with Gasteiger partial charge in [-0.2, -0.15) is 0 Å². The molecule has 8 nitrogen and oxygen atoms in total. The van der Waals surface area contributed by atoms with Crippen molar-refractivity contribution >= 4 is 34.1 Å². The second-order valence-corrected chi connectivity index (χ2v) is 8.17. The van der Waals surface area contributed by atoms with E-state index in [9.17, 15) is 9.59 Å². The quantitative estimate of drug-likeness (QED) is 0.329. The molecule has 5 aromatic rings. The lowest BCUT2D eigenvalue weighted by atomic mass is 10.1. The van der Waals surface area contributed by atoms with E-state index < -0.39 is 0 Å². The molecule has 2 amide bonds. The van der Waals surface area contributed by atoms with Crippen molar-refractivity contribution in [1.29, 1.82) is 0 Å². The van der Waals surface area contributed by atoms with Gasteiger partial charge in [0.1, 0.15) is 5.75 Å². The fraction of sp³-hybridized carbons (Fsp3) is 0.0714. The average Bonchev–Trinajstić information content (AvgIpc) is 3.24. The molecule has 0 aliphatic heterocycles. The molecule has 8 heteroatoms. The minimum absolute atomic E-state index is 0.147. The molecule has 0 spiro atoms. The van der Waals surface area contributed by atoms with Gasteiger partial charge in [-0.3, -0.25) is 14.2 Å². The Labute approximate surface area is 207 Å². The summed E-state index contributed by atoms with van der Waals surface area (Å²) in [7, 11) is 0. The highest BCUT2D eigenvalue weighted by atomic mass is 16.5. The largest absolute Gasteiger partial charge is 0.438 e. The highest BCUT2D eigenvalue weighted by Crippen LogP contribution is 2.26. The van der Waals surface area contributed by atoms with E-state index in [0.717, 1.165) is 16.5 Å². The molecule has 2 heterocycles. The number of hydrogen-bond acceptors (Lipinski definition) is 5. The summed E-state index contributed by atoms with van der Waals surface area (Å²) in [5, 5.41) is 15.1. The third-order valence-electron chi connectivity index (χ3n) is 5.47. The first-order valence-corrected chi connectivity index (χ1v) is 11.4. The summed E-state index contributed by atoms with van der Waals surface area (Å²) in [6, 6.07) is 27.8. The molecule has 178 valence electrons. The van der Waals surface area contributed by atoms with Crippen molar-refractivity contribution < 1.29 is 14.3 Å². The zero-order valence-electron chi connectivity index (χ0n) is 19.5. The van der Waals surface area contributed by atoms with Crippen LogP contribution in [0, 0.1) is 0 Å². The normalized spacial score (nSPS) is 10.7. The van der Waals surface area contributed by atoms with E-state index in [2.05, 4.69) is 20.8 Å². The number of nitrogens with one attached hydrogen (secondary N) is 2. The van der Waals surface area contributed by atoms with E-state index in [-0.39, 0.29) is 18.2 Å². The molecule has 0 fully saturated rings. The summed E-state index contributed by atoms with van der Waals surface area (Å²) < 4.78 is 7.66. The van der Waals surface area contributed by atoms with Crippen LogP contribution in [-0.4, -0.2) is 26.6 Å². The number of para-hydroxylation sites is 2. The average molecular weight is 478 g/mol. The Morgan fingerprint density at radius 2 is 1.50 bits per heavy atom. The molecule has 0 unspecified atom stereocenters. The molecule has 5 rings (SSSR count). The number of aromatic nitrogens is 3. The monoisotopic (exact) mass is 477 g/mol. The fourth-order valence-electron chi connectivity index (χ4n) is 3.90. The van der Waals surface area contributed by atoms with Crippen molar-refractivity contribution in [3.8, 4) is 17.4 Å². The van der Waals surface area contributed by atoms with Crippen molar-refractivity contribution in [2.75, 3.05) is 10.6 Å². The van der Waals surface area contributed by atoms with Crippen LogP contribution in [0.3, 0.4) is 0 Å². The van der Waals surface area contributed by atoms with Crippen molar-refractivity contribution in [2.45, 2.75) is 13.3 Å². The van der Waals surface area contributed by atoms with Gasteiger partial charge in [-0.1, -0.05) is 36.4 Å². The van der Waals surface area contributed by atoms with Gasteiger partial charge in [0, 0.05) is 35.9 Å². The van der Waals surface area contributed by atoms with E-state index in [1.54, 1.807) is 30.3 Å². The first-order chi connectivity index (χ1) is 17.5. The number of benzene rings is 3. The second-order valence-electron chi connectivity index (χ2n) is 8.17. The van der Waals surface area contributed by atoms with E-state index >= 15 is 0 Å². The summed E-state index contributed by atoms with van der Waals surface area (Å²) in [6.45, 7) is 1.45. The molecule has 0 aliphatic rings. The smallest absolute Gasteiger partial charge is 0.238 e. The van der Waals surface area contributed by atoms with Crippen LogP contribution in [0.15, 0.2) is 97.2 Å². The highest BCUT2D eigenvalue weighted by molar-refractivity contribution is 5.96. The number of carbonyl (C=O) groups excluding carboxylic acids is 2. The van der Waals surface area contributed by atoms with E-state index in [0.29, 0.717) is 28.8 Å². The SMILES string of the molecule is CC(=O)Nc1ccc(NC(=O)Cc2cn(-c3ccc(Oc4ccccc4)nn3)c3ccccc23)cc1. The van der Waals surface area contributed by atoms with Crippen LogP contribution in [-0.2, 0) is 16.0 Å². The summed E-state index contributed by atoms with van der Waals surface area (Å²) >= 11 is 0. The maximum absolute atomic E-state index is 12.8. The third kappa shape index (κ3) is 5.23. The van der Waals surface area contributed by atoms with Gasteiger partial charge in [-0.05, 0) is 54.1 Å². The number of carbonyl (C=O) groups is 2. The number of rotatable bonds is 7. The molecule has 3 aromatic carbocycles. The molecule has 0 saturated carbocycles. The summed E-state index contributed by atoms with van der Waals surface area (Å²) in [5.41, 5.74) is 3.11. The van der Waals surface area contributed by atoms with Crippen LogP contribution < -0.4 is 15.4 Å². The Morgan fingerprint density at radius 1 is 0.806 bits per heavy atom. The molecular formula is C28H23N5O3. The molecule has 0 saturated heterocycles. The molecule has 0 atom stereocenters. The van der Waals surface area contributed by atoms with Crippen molar-refractivity contribution in [2.24, 2.45) is 0 Å². The van der Waals surface area contributed by atoms with Crippen LogP contribution >= 0.6 is 0 Å². The van der Waals surface area contributed by atoms with Gasteiger partial charge >= 0.3 is 0 Å². The Kier molecular flexibility index (Phi) is 6.40. The van der Waals surface area contributed by atoms with Crippen molar-refractivity contribution in [1.82, 2.24) is 14.8 Å². The Morgan fingerprint density at radius 3 is 2.19 bits per heavy atom. The summed E-state index contributed by atoms with van der Waals surface area (Å²) in [4.78, 5) is 24.0. The van der Waals surface area contributed by atoms with Gasteiger partial charge in [-0.25, -0.2) is 0 Å². The minimum atomic E-state index is -0.150. The Hall–Kier alpha value is -4.98. The molecule has 2 aromatic heterocycles. The number of hydrogen-bond donors (Lipinski definition) is 2. The summed E-state index contributed by atoms with van der Waals surface area (Å²) in [5.74, 6) is 1.40. The maximum Gasteiger partial charge on any atom is 0.238 e. The lowest BCUT2D eigenvalue weighted by molar-refractivity contribution is -0.116. The second kappa shape index (κ2) is 10.1. The van der Waals surface area contributed by atoms with Crippen LogP contribution in [0.2, 0.25) is 0 Å². The molecule has 36 heavy (non-hydrogen) atoms. The summed E-state index contributed by atoms with van der Waals surface area (Å²) in [6.07, 6.45) is 2.09. The number of anilines is 2. The van der Waals surface area contributed by atoms with Gasteiger partial charge in [-0.15, -0.1) is 10.2 Å². The zero-order chi connectivity index (χ0) is 24.9. The Balaban J connectivity index is 1.34. The molecule has 0 bridgehead atoms.